The fourth-order valence-electron chi connectivity index (χ4n) is 3.77. The van der Waals surface area contributed by atoms with Crippen molar-refractivity contribution in [3.8, 4) is 11.5 Å². The number of rotatable bonds is 8. The highest BCUT2D eigenvalue weighted by atomic mass is 16.5. The lowest BCUT2D eigenvalue weighted by atomic mass is 10.0. The summed E-state index contributed by atoms with van der Waals surface area (Å²) < 4.78 is 11.6. The number of hydrogen-bond donors (Lipinski definition) is 1. The van der Waals surface area contributed by atoms with Crippen molar-refractivity contribution >= 4 is 28.8 Å². The van der Waals surface area contributed by atoms with Crippen LogP contribution in [0, 0.1) is 0 Å². The molecule has 2 amide bonds. The largest absolute Gasteiger partial charge is 0.491 e. The summed E-state index contributed by atoms with van der Waals surface area (Å²) in [5, 5.41) is 3.18. The van der Waals surface area contributed by atoms with E-state index < -0.39 is 11.8 Å². The van der Waals surface area contributed by atoms with E-state index in [2.05, 4.69) is 5.32 Å². The number of amides is 2. The van der Waals surface area contributed by atoms with Gasteiger partial charge in [-0.15, -0.1) is 0 Å². The summed E-state index contributed by atoms with van der Waals surface area (Å²) in [4.78, 5) is 28.5. The number of ether oxygens (including phenoxy) is 2. The Morgan fingerprint density at radius 2 is 1.32 bits per heavy atom. The molecule has 4 rings (SSSR count). The van der Waals surface area contributed by atoms with Gasteiger partial charge in [-0.05, 0) is 69.7 Å². The van der Waals surface area contributed by atoms with E-state index >= 15 is 0 Å². The second kappa shape index (κ2) is 9.83. The summed E-state index contributed by atoms with van der Waals surface area (Å²) in [5.41, 5.74) is 2.28. The van der Waals surface area contributed by atoms with E-state index in [1.807, 2.05) is 88.4 Å². The number of imide groups is 1. The fourth-order valence-corrected chi connectivity index (χ4v) is 3.77. The molecule has 0 bridgehead atoms. The lowest BCUT2D eigenvalue weighted by Crippen LogP contribution is -2.33. The average Bonchev–Trinajstić information content (AvgIpc) is 3.04. The van der Waals surface area contributed by atoms with Crippen LogP contribution in [0.1, 0.15) is 33.3 Å². The lowest BCUT2D eigenvalue weighted by molar-refractivity contribution is -0.120. The standard InChI is InChI=1S/C28H28N2O4/c1-18(2)33-22-16-14-21(15-17-22)29-26-25(20-10-6-5-7-11-20)27(31)30(28(26)32)23-12-8-9-13-24(23)34-19(3)4/h5-19,29H,1-4H3. The number of carbonyl (C=O) groups is 2. The Bertz CT molecular complexity index is 1210. The van der Waals surface area contributed by atoms with Crippen molar-refractivity contribution < 1.29 is 19.1 Å². The SMILES string of the molecule is CC(C)Oc1ccc(NC2=C(c3ccccc3)C(=O)N(c3ccccc3OC(C)C)C2=O)cc1. The Morgan fingerprint density at radius 3 is 1.97 bits per heavy atom. The zero-order chi connectivity index (χ0) is 24.2. The topological polar surface area (TPSA) is 67.9 Å². The van der Waals surface area contributed by atoms with E-state index in [9.17, 15) is 9.59 Å². The molecular formula is C28H28N2O4. The molecule has 1 aliphatic heterocycles. The van der Waals surface area contributed by atoms with E-state index in [0.717, 1.165) is 5.75 Å². The molecule has 1 heterocycles. The summed E-state index contributed by atoms with van der Waals surface area (Å²) in [7, 11) is 0. The van der Waals surface area contributed by atoms with Crippen molar-refractivity contribution in [2.45, 2.75) is 39.9 Å². The van der Waals surface area contributed by atoms with E-state index in [1.54, 1.807) is 18.2 Å². The van der Waals surface area contributed by atoms with Crippen LogP contribution in [0.4, 0.5) is 11.4 Å². The smallest absolute Gasteiger partial charge is 0.282 e. The maximum Gasteiger partial charge on any atom is 0.282 e. The molecule has 1 aliphatic rings. The van der Waals surface area contributed by atoms with Gasteiger partial charge in [-0.2, -0.15) is 0 Å². The average molecular weight is 457 g/mol. The molecule has 0 atom stereocenters. The van der Waals surface area contributed by atoms with Gasteiger partial charge in [0, 0.05) is 5.69 Å². The quantitative estimate of drug-likeness (QED) is 0.443. The van der Waals surface area contributed by atoms with Crippen LogP contribution in [0.15, 0.2) is 84.6 Å². The van der Waals surface area contributed by atoms with Gasteiger partial charge in [0.15, 0.2) is 0 Å². The number of nitrogens with one attached hydrogen (secondary N) is 1. The maximum atomic E-state index is 13.7. The molecule has 3 aromatic rings. The zero-order valence-corrected chi connectivity index (χ0v) is 19.7. The molecule has 6 nitrogen and oxygen atoms in total. The minimum Gasteiger partial charge on any atom is -0.491 e. The predicted octanol–water partition coefficient (Wildman–Crippen LogP) is 5.66. The maximum absolute atomic E-state index is 13.7. The van der Waals surface area contributed by atoms with Crippen LogP contribution in [-0.4, -0.2) is 24.0 Å². The molecule has 0 saturated heterocycles. The predicted molar refractivity (Wildman–Crippen MR) is 134 cm³/mol. The second-order valence-electron chi connectivity index (χ2n) is 8.51. The summed E-state index contributed by atoms with van der Waals surface area (Å²) in [6.45, 7) is 7.72. The molecular weight excluding hydrogens is 428 g/mol. The molecule has 3 aromatic carbocycles. The van der Waals surface area contributed by atoms with Crippen LogP contribution >= 0.6 is 0 Å². The van der Waals surface area contributed by atoms with Gasteiger partial charge >= 0.3 is 0 Å². The van der Waals surface area contributed by atoms with Crippen LogP contribution in [0.3, 0.4) is 0 Å². The van der Waals surface area contributed by atoms with Gasteiger partial charge < -0.3 is 14.8 Å². The van der Waals surface area contributed by atoms with E-state index in [4.69, 9.17) is 9.47 Å². The third-order valence-electron chi connectivity index (χ3n) is 5.11. The molecule has 0 unspecified atom stereocenters. The first-order chi connectivity index (χ1) is 16.3. The highest BCUT2D eigenvalue weighted by Gasteiger charge is 2.41. The van der Waals surface area contributed by atoms with Crippen LogP contribution in [0.2, 0.25) is 0 Å². The van der Waals surface area contributed by atoms with Gasteiger partial charge in [0.1, 0.15) is 17.2 Å². The van der Waals surface area contributed by atoms with Crippen molar-refractivity contribution in [3.05, 3.63) is 90.1 Å². The summed E-state index contributed by atoms with van der Waals surface area (Å²) >= 11 is 0. The first-order valence-corrected chi connectivity index (χ1v) is 11.3. The minimum atomic E-state index is -0.439. The molecule has 1 N–H and O–H groups in total. The normalized spacial score (nSPS) is 13.8. The molecule has 174 valence electrons. The van der Waals surface area contributed by atoms with E-state index in [-0.39, 0.29) is 17.9 Å². The van der Waals surface area contributed by atoms with Gasteiger partial charge in [0.05, 0.1) is 23.5 Å². The highest BCUT2D eigenvalue weighted by molar-refractivity contribution is 6.46. The minimum absolute atomic E-state index is 0.0573. The van der Waals surface area contributed by atoms with Gasteiger partial charge in [-0.1, -0.05) is 42.5 Å². The van der Waals surface area contributed by atoms with Crippen molar-refractivity contribution in [3.63, 3.8) is 0 Å². The number of carbonyl (C=O) groups excluding carboxylic acids is 2. The van der Waals surface area contributed by atoms with Gasteiger partial charge in [-0.3, -0.25) is 9.59 Å². The van der Waals surface area contributed by atoms with Gasteiger partial charge in [-0.25, -0.2) is 4.90 Å². The molecule has 6 heteroatoms. The highest BCUT2D eigenvalue weighted by Crippen LogP contribution is 2.38. The molecule has 34 heavy (non-hydrogen) atoms. The van der Waals surface area contributed by atoms with Crippen LogP contribution in [0.25, 0.3) is 5.57 Å². The van der Waals surface area contributed by atoms with Crippen molar-refractivity contribution in [1.29, 1.82) is 0 Å². The molecule has 0 spiro atoms. The summed E-state index contributed by atoms with van der Waals surface area (Å²) in [6.07, 6.45) is -0.0541. The van der Waals surface area contributed by atoms with Crippen molar-refractivity contribution in [2.75, 3.05) is 10.2 Å². The van der Waals surface area contributed by atoms with Crippen LogP contribution in [-0.2, 0) is 9.59 Å². The van der Waals surface area contributed by atoms with Crippen molar-refractivity contribution in [2.24, 2.45) is 0 Å². The molecule has 0 aromatic heterocycles. The van der Waals surface area contributed by atoms with E-state index in [0.29, 0.717) is 28.3 Å². The van der Waals surface area contributed by atoms with Gasteiger partial charge in [0.25, 0.3) is 11.8 Å². The lowest BCUT2D eigenvalue weighted by Gasteiger charge is -2.20. The van der Waals surface area contributed by atoms with E-state index in [1.165, 1.54) is 4.90 Å². The number of nitrogens with zero attached hydrogens (tertiary/aromatic N) is 1. The Balaban J connectivity index is 1.74. The molecule has 0 fully saturated rings. The molecule has 0 radical (unpaired) electrons. The molecule has 0 saturated carbocycles. The first-order valence-electron chi connectivity index (χ1n) is 11.3. The number of anilines is 2. The monoisotopic (exact) mass is 456 g/mol. The van der Waals surface area contributed by atoms with Crippen LogP contribution < -0.4 is 19.7 Å². The third-order valence-corrected chi connectivity index (χ3v) is 5.11. The summed E-state index contributed by atoms with van der Waals surface area (Å²) in [5.74, 6) is 0.362. The Morgan fingerprint density at radius 1 is 0.706 bits per heavy atom. The summed E-state index contributed by atoms with van der Waals surface area (Å²) in [6, 6.07) is 23.6. The second-order valence-corrected chi connectivity index (χ2v) is 8.51. The van der Waals surface area contributed by atoms with Gasteiger partial charge in [0.2, 0.25) is 0 Å². The number of para-hydroxylation sites is 2. The third kappa shape index (κ3) is 4.81. The Labute approximate surface area is 199 Å². The fraction of sp³-hybridized carbons (Fsp3) is 0.214. The van der Waals surface area contributed by atoms with Crippen molar-refractivity contribution in [1.82, 2.24) is 0 Å². The zero-order valence-electron chi connectivity index (χ0n) is 19.7. The Hall–Kier alpha value is -4.06. The van der Waals surface area contributed by atoms with Crippen LogP contribution in [0.5, 0.6) is 11.5 Å². The number of benzene rings is 3. The number of hydrogen-bond acceptors (Lipinski definition) is 5. The Kier molecular flexibility index (Phi) is 6.68. The first kappa shape index (κ1) is 23.1. The molecule has 0 aliphatic carbocycles.